The molecule has 0 saturated carbocycles. The number of amides is 1. The van der Waals surface area contributed by atoms with E-state index in [0.29, 0.717) is 16.3 Å². The highest BCUT2D eigenvalue weighted by Crippen LogP contribution is 2.40. The smallest absolute Gasteiger partial charge is 0.251 e. The van der Waals surface area contributed by atoms with Crippen molar-refractivity contribution >= 4 is 39.1 Å². The number of aromatic nitrogens is 3. The molecule has 1 amide bonds. The summed E-state index contributed by atoms with van der Waals surface area (Å²) >= 11 is 0.967. The molecule has 0 radical (unpaired) electrons. The van der Waals surface area contributed by atoms with Gasteiger partial charge >= 0.3 is 0 Å². The molecule has 10 heteroatoms. The highest BCUT2D eigenvalue weighted by atomic mass is 32.1. The molecule has 7 nitrogen and oxygen atoms in total. The Hall–Kier alpha value is -3.37. The van der Waals surface area contributed by atoms with Gasteiger partial charge in [-0.15, -0.1) is 11.3 Å². The Morgan fingerprint density at radius 1 is 1.23 bits per heavy atom. The van der Waals surface area contributed by atoms with E-state index in [2.05, 4.69) is 20.5 Å². The summed E-state index contributed by atoms with van der Waals surface area (Å²) in [4.78, 5) is 16.5. The van der Waals surface area contributed by atoms with Gasteiger partial charge in [-0.1, -0.05) is 0 Å². The third kappa shape index (κ3) is 3.62. The highest BCUT2D eigenvalue weighted by Gasteiger charge is 2.24. The van der Waals surface area contributed by atoms with E-state index in [1.165, 1.54) is 19.9 Å². The maximum absolute atomic E-state index is 14.7. The van der Waals surface area contributed by atoms with Crippen LogP contribution < -0.4 is 11.1 Å². The minimum absolute atomic E-state index is 0.0782. The number of primary amides is 1. The summed E-state index contributed by atoms with van der Waals surface area (Å²) in [6.45, 7) is 2.87. The van der Waals surface area contributed by atoms with Gasteiger partial charge in [0.1, 0.15) is 28.0 Å². The van der Waals surface area contributed by atoms with Gasteiger partial charge < -0.3 is 16.2 Å². The van der Waals surface area contributed by atoms with Crippen molar-refractivity contribution in [3.63, 3.8) is 0 Å². The van der Waals surface area contributed by atoms with E-state index < -0.39 is 23.1 Å². The second kappa shape index (κ2) is 7.15. The van der Waals surface area contributed by atoms with E-state index in [1.54, 1.807) is 18.3 Å². The third-order valence-corrected chi connectivity index (χ3v) is 5.60. The van der Waals surface area contributed by atoms with Crippen molar-refractivity contribution in [3.05, 3.63) is 59.3 Å². The number of thiophene rings is 1. The molecule has 0 saturated heterocycles. The number of pyridine rings is 1. The number of nitrogens with one attached hydrogen (secondary N) is 2. The second-order valence-corrected chi connectivity index (χ2v) is 8.27. The summed E-state index contributed by atoms with van der Waals surface area (Å²) < 4.78 is 29.5. The van der Waals surface area contributed by atoms with Crippen LogP contribution >= 0.6 is 11.3 Å². The van der Waals surface area contributed by atoms with Gasteiger partial charge in [0.25, 0.3) is 5.91 Å². The molecule has 0 atom stereocenters. The summed E-state index contributed by atoms with van der Waals surface area (Å²) in [5.41, 5.74) is 5.28. The van der Waals surface area contributed by atoms with Gasteiger partial charge in [0.15, 0.2) is 0 Å². The van der Waals surface area contributed by atoms with Crippen LogP contribution in [0.15, 0.2) is 36.5 Å². The number of nitrogens with two attached hydrogens (primary N) is 1. The SMILES string of the molecule is CC(C)(O)c1cc(F)c(-c2cc(C(N)=O)c(Nc3ccc4[nH]ncc4n3)s2)c(F)c1. The van der Waals surface area contributed by atoms with E-state index >= 15 is 0 Å². The number of rotatable bonds is 5. The molecule has 154 valence electrons. The normalized spacial score (nSPS) is 11.8. The van der Waals surface area contributed by atoms with Crippen molar-refractivity contribution in [2.24, 2.45) is 5.73 Å². The Morgan fingerprint density at radius 2 is 1.93 bits per heavy atom. The Bertz CT molecular complexity index is 1250. The van der Waals surface area contributed by atoms with Crippen molar-refractivity contribution in [1.82, 2.24) is 15.2 Å². The lowest BCUT2D eigenvalue weighted by Gasteiger charge is -2.18. The minimum atomic E-state index is -1.40. The molecule has 0 aliphatic rings. The van der Waals surface area contributed by atoms with Gasteiger partial charge in [0, 0.05) is 4.88 Å². The van der Waals surface area contributed by atoms with Crippen molar-refractivity contribution in [2.75, 3.05) is 5.32 Å². The quantitative estimate of drug-likeness (QED) is 0.382. The third-order valence-electron chi connectivity index (χ3n) is 4.53. The lowest BCUT2D eigenvalue weighted by Crippen LogP contribution is -2.16. The van der Waals surface area contributed by atoms with Crippen LogP contribution in [0.2, 0.25) is 0 Å². The van der Waals surface area contributed by atoms with Crippen LogP contribution in [0, 0.1) is 11.6 Å². The molecule has 0 aliphatic heterocycles. The number of aromatic amines is 1. The van der Waals surface area contributed by atoms with Crippen LogP contribution in [0.4, 0.5) is 19.6 Å². The summed E-state index contributed by atoms with van der Waals surface area (Å²) in [5.74, 6) is -2.04. The van der Waals surface area contributed by atoms with Crippen LogP contribution in [0.3, 0.4) is 0 Å². The van der Waals surface area contributed by atoms with Crippen LogP contribution in [0.1, 0.15) is 29.8 Å². The molecule has 4 aromatic rings. The average Bonchev–Trinajstić information content (AvgIpc) is 3.27. The highest BCUT2D eigenvalue weighted by molar-refractivity contribution is 7.20. The largest absolute Gasteiger partial charge is 0.386 e. The lowest BCUT2D eigenvalue weighted by molar-refractivity contribution is 0.0778. The molecular formula is C20H17F2N5O2S. The molecule has 3 heterocycles. The number of H-pyrrole nitrogens is 1. The predicted molar refractivity (Wildman–Crippen MR) is 111 cm³/mol. The number of nitrogens with zero attached hydrogens (tertiary/aromatic N) is 2. The molecule has 1 aromatic carbocycles. The molecule has 0 bridgehead atoms. The molecule has 3 aromatic heterocycles. The standard InChI is InChI=1S/C20H17F2N5O2S/c1-20(2,29)9-5-11(21)17(12(22)6-9)15-7-10(18(23)28)19(30-15)26-16-4-3-13-14(25-16)8-24-27-13/h3-8,29H,1-2H3,(H2,23,28)(H,24,27)(H,25,26). The number of aliphatic hydroxyl groups is 1. The number of benzene rings is 1. The number of fused-ring (bicyclic) bond motifs is 1. The Labute approximate surface area is 173 Å². The van der Waals surface area contributed by atoms with Gasteiger partial charge in [-0.3, -0.25) is 9.89 Å². The fourth-order valence-electron chi connectivity index (χ4n) is 2.97. The van der Waals surface area contributed by atoms with Crippen molar-refractivity contribution in [3.8, 4) is 10.4 Å². The number of halogens is 2. The molecule has 0 spiro atoms. The van der Waals surface area contributed by atoms with Crippen LogP contribution in [0.5, 0.6) is 0 Å². The number of hydrogen-bond donors (Lipinski definition) is 4. The van der Waals surface area contributed by atoms with Crippen molar-refractivity contribution in [1.29, 1.82) is 0 Å². The van der Waals surface area contributed by atoms with E-state index in [-0.39, 0.29) is 21.6 Å². The topological polar surface area (TPSA) is 117 Å². The van der Waals surface area contributed by atoms with Crippen LogP contribution in [-0.4, -0.2) is 26.2 Å². The number of carbonyl (C=O) groups excluding carboxylic acids is 1. The molecule has 0 fully saturated rings. The second-order valence-electron chi connectivity index (χ2n) is 7.22. The summed E-state index contributed by atoms with van der Waals surface area (Å²) in [6, 6.07) is 6.90. The molecule has 0 unspecified atom stereocenters. The van der Waals surface area contributed by atoms with Crippen molar-refractivity contribution in [2.45, 2.75) is 19.4 Å². The number of anilines is 2. The number of hydrogen-bond acceptors (Lipinski definition) is 6. The van der Waals surface area contributed by atoms with Gasteiger partial charge in [-0.05, 0) is 49.7 Å². The molecule has 30 heavy (non-hydrogen) atoms. The van der Waals surface area contributed by atoms with E-state index in [9.17, 15) is 18.7 Å². The summed E-state index contributed by atoms with van der Waals surface area (Å²) in [7, 11) is 0. The molecule has 5 N–H and O–H groups in total. The zero-order valence-corrected chi connectivity index (χ0v) is 16.8. The first kappa shape index (κ1) is 19.9. The number of carbonyl (C=O) groups is 1. The fourth-order valence-corrected chi connectivity index (χ4v) is 4.09. The van der Waals surface area contributed by atoms with E-state index in [0.717, 1.165) is 29.0 Å². The first-order valence-corrected chi connectivity index (χ1v) is 9.68. The molecule has 0 aliphatic carbocycles. The maximum atomic E-state index is 14.7. The Kier molecular flexibility index (Phi) is 4.75. The summed E-state index contributed by atoms with van der Waals surface area (Å²) in [5, 5.41) is 20.0. The van der Waals surface area contributed by atoms with Crippen molar-refractivity contribution < 1.29 is 18.7 Å². The summed E-state index contributed by atoms with van der Waals surface area (Å²) in [6.07, 6.45) is 1.55. The predicted octanol–water partition coefficient (Wildman–Crippen LogP) is 4.03. The lowest BCUT2D eigenvalue weighted by atomic mass is 9.96. The van der Waals surface area contributed by atoms with Gasteiger partial charge in [0.05, 0.1) is 28.4 Å². The Morgan fingerprint density at radius 3 is 2.57 bits per heavy atom. The fraction of sp³-hybridized carbons (Fsp3) is 0.150. The average molecular weight is 429 g/mol. The zero-order valence-electron chi connectivity index (χ0n) is 16.0. The minimum Gasteiger partial charge on any atom is -0.386 e. The van der Waals surface area contributed by atoms with Crippen LogP contribution in [0.25, 0.3) is 21.5 Å². The van der Waals surface area contributed by atoms with Gasteiger partial charge in [0.2, 0.25) is 0 Å². The Balaban J connectivity index is 1.77. The monoisotopic (exact) mass is 429 g/mol. The maximum Gasteiger partial charge on any atom is 0.251 e. The first-order chi connectivity index (χ1) is 14.1. The zero-order chi connectivity index (χ0) is 21.6. The van der Waals surface area contributed by atoms with Crippen LogP contribution in [-0.2, 0) is 5.60 Å². The molecule has 4 rings (SSSR count). The molecular weight excluding hydrogens is 412 g/mol. The van der Waals surface area contributed by atoms with Gasteiger partial charge in [-0.25, -0.2) is 13.8 Å². The first-order valence-electron chi connectivity index (χ1n) is 8.86. The van der Waals surface area contributed by atoms with E-state index in [1.807, 2.05) is 0 Å². The van der Waals surface area contributed by atoms with Gasteiger partial charge in [-0.2, -0.15) is 5.10 Å². The van der Waals surface area contributed by atoms with E-state index in [4.69, 9.17) is 5.73 Å².